The van der Waals surface area contributed by atoms with Crippen molar-refractivity contribution < 1.29 is 28.7 Å². The highest BCUT2D eigenvalue weighted by molar-refractivity contribution is 6.38. The molecule has 10 nitrogen and oxygen atoms in total. The molecule has 2 rings (SSSR count). The lowest BCUT2D eigenvalue weighted by molar-refractivity contribution is -0.145. The largest absolute Gasteiger partial charge is 0.444 e. The number of carbonyl (C=O) groups is 5. The molecule has 0 aromatic rings. The third kappa shape index (κ3) is 8.07. The van der Waals surface area contributed by atoms with E-state index in [1.54, 1.807) is 26.8 Å². The molecule has 0 spiro atoms. The van der Waals surface area contributed by atoms with Crippen LogP contribution in [-0.4, -0.2) is 71.3 Å². The number of ether oxygens (including phenoxy) is 1. The lowest BCUT2D eigenvalue weighted by atomic mass is 9.85. The zero-order valence-corrected chi connectivity index (χ0v) is 26.2. The molecular weight excluding hydrogens is 512 g/mol. The van der Waals surface area contributed by atoms with Crippen LogP contribution in [0.25, 0.3) is 0 Å². The molecule has 0 bridgehead atoms. The Hall–Kier alpha value is -2.91. The first-order valence-electron chi connectivity index (χ1n) is 14.3. The number of nitrogens with one attached hydrogen (secondary N) is 3. The first kappa shape index (κ1) is 33.3. The van der Waals surface area contributed by atoms with Gasteiger partial charge in [-0.1, -0.05) is 59.6 Å². The van der Waals surface area contributed by atoms with E-state index in [1.165, 1.54) is 4.90 Å². The van der Waals surface area contributed by atoms with E-state index in [0.717, 1.165) is 5.57 Å². The second-order valence-corrected chi connectivity index (χ2v) is 14.0. The van der Waals surface area contributed by atoms with E-state index in [2.05, 4.69) is 29.8 Å². The summed E-state index contributed by atoms with van der Waals surface area (Å²) in [5.41, 5.74) is -0.550. The molecular formula is C30H50N4O6. The molecule has 1 aliphatic carbocycles. The van der Waals surface area contributed by atoms with Crippen LogP contribution < -0.4 is 16.0 Å². The summed E-state index contributed by atoms with van der Waals surface area (Å²) >= 11 is 0. The summed E-state index contributed by atoms with van der Waals surface area (Å²) in [6, 6.07) is -2.76. The molecule has 0 aromatic heterocycles. The van der Waals surface area contributed by atoms with Crippen molar-refractivity contribution in [3.8, 4) is 0 Å². The van der Waals surface area contributed by atoms with Crippen LogP contribution in [0.5, 0.6) is 0 Å². The Balaban J connectivity index is 2.28. The molecule has 0 radical (unpaired) electrons. The Kier molecular flexibility index (Phi) is 10.2. The van der Waals surface area contributed by atoms with Crippen molar-refractivity contribution in [1.82, 2.24) is 20.9 Å². The highest BCUT2D eigenvalue weighted by Gasteiger charge is 2.70. The molecule has 1 aliphatic heterocycles. The van der Waals surface area contributed by atoms with E-state index in [9.17, 15) is 24.0 Å². The number of carbonyl (C=O) groups excluding carboxylic acids is 5. The summed E-state index contributed by atoms with van der Waals surface area (Å²) in [5, 5.41) is 8.11. The minimum absolute atomic E-state index is 0.0949. The predicted octanol–water partition coefficient (Wildman–Crippen LogP) is 3.35. The smallest absolute Gasteiger partial charge is 0.408 e. The monoisotopic (exact) mass is 562 g/mol. The highest BCUT2D eigenvalue weighted by atomic mass is 16.6. The average Bonchev–Trinajstić information content (AvgIpc) is 3.13. The van der Waals surface area contributed by atoms with Crippen LogP contribution in [0.1, 0.15) is 89.0 Å². The number of alkyl carbamates (subject to hydrolysis) is 1. The minimum Gasteiger partial charge on any atom is -0.444 e. The van der Waals surface area contributed by atoms with Crippen LogP contribution in [0, 0.1) is 22.7 Å². The first-order valence-corrected chi connectivity index (χ1v) is 14.3. The van der Waals surface area contributed by atoms with Crippen molar-refractivity contribution in [2.45, 2.75) is 113 Å². The molecule has 1 saturated heterocycles. The number of ketones is 1. The van der Waals surface area contributed by atoms with E-state index >= 15 is 0 Å². The molecule has 2 aliphatic rings. The summed E-state index contributed by atoms with van der Waals surface area (Å²) in [5.74, 6) is -2.28. The van der Waals surface area contributed by atoms with Crippen LogP contribution in [0.4, 0.5) is 4.79 Å². The van der Waals surface area contributed by atoms with Crippen molar-refractivity contribution in [3.05, 3.63) is 11.6 Å². The molecule has 226 valence electrons. The van der Waals surface area contributed by atoms with Gasteiger partial charge in [-0.05, 0) is 63.7 Å². The maximum Gasteiger partial charge on any atom is 0.408 e. The molecule has 5 atom stereocenters. The number of nitrogens with zero attached hydrogens (tertiary/aromatic N) is 1. The molecule has 3 N–H and O–H groups in total. The maximum atomic E-state index is 14.0. The zero-order chi connectivity index (χ0) is 30.8. The minimum atomic E-state index is -1.000. The van der Waals surface area contributed by atoms with Gasteiger partial charge in [0.05, 0.1) is 6.04 Å². The normalized spacial score (nSPS) is 22.8. The quantitative estimate of drug-likeness (QED) is 0.276. The molecule has 4 amide bonds. The summed E-state index contributed by atoms with van der Waals surface area (Å²) in [7, 11) is 0. The van der Waals surface area contributed by atoms with Gasteiger partial charge in [0.15, 0.2) is 0 Å². The standard InChI is InChI=1S/C30H50N4O6/c1-12-13-19(22(35)25(37)31-15-14-17(2)3)32-24(36)21-20-18(30(20,10)11)16-34(21)26(38)23(28(4,5)6)33-27(39)40-29(7,8)9/h14,18-21,23H,12-13,15-16H2,1-11H3,(H,31,37)(H,32,36)(H,33,39)/t18?,19-,20?,21+,23-/m1/s1. The molecule has 2 fully saturated rings. The number of fused-ring (bicyclic) bond motifs is 1. The van der Waals surface area contributed by atoms with Gasteiger partial charge >= 0.3 is 6.09 Å². The summed E-state index contributed by atoms with van der Waals surface area (Å²) in [6.07, 6.45) is 1.96. The Morgan fingerprint density at radius 3 is 2.12 bits per heavy atom. The maximum absolute atomic E-state index is 14.0. The zero-order valence-electron chi connectivity index (χ0n) is 26.2. The lowest BCUT2D eigenvalue weighted by Crippen LogP contribution is -2.60. The van der Waals surface area contributed by atoms with E-state index < -0.39 is 52.8 Å². The Bertz CT molecular complexity index is 1030. The van der Waals surface area contributed by atoms with E-state index in [-0.39, 0.29) is 29.7 Å². The number of piperidine rings is 1. The number of Topliss-reactive ketones (excluding diaryl/α,β-unsaturated/α-hetero) is 1. The molecule has 10 heteroatoms. The molecule has 2 unspecified atom stereocenters. The van der Waals surface area contributed by atoms with Crippen LogP contribution >= 0.6 is 0 Å². The summed E-state index contributed by atoms with van der Waals surface area (Å²) in [6.45, 7) is 21.1. The van der Waals surface area contributed by atoms with Crippen molar-refractivity contribution in [2.24, 2.45) is 22.7 Å². The third-order valence-electron chi connectivity index (χ3n) is 7.74. The van der Waals surface area contributed by atoms with Gasteiger partial charge in [0.2, 0.25) is 17.6 Å². The summed E-state index contributed by atoms with van der Waals surface area (Å²) in [4.78, 5) is 67.4. The topological polar surface area (TPSA) is 134 Å². The number of allylic oxidation sites excluding steroid dienone is 1. The van der Waals surface area contributed by atoms with Crippen molar-refractivity contribution in [2.75, 3.05) is 13.1 Å². The molecule has 40 heavy (non-hydrogen) atoms. The van der Waals surface area contributed by atoms with E-state index in [4.69, 9.17) is 4.74 Å². The first-order chi connectivity index (χ1) is 18.2. The summed E-state index contributed by atoms with van der Waals surface area (Å²) < 4.78 is 5.40. The van der Waals surface area contributed by atoms with Gasteiger partial charge in [0.1, 0.15) is 17.7 Å². The van der Waals surface area contributed by atoms with Crippen LogP contribution in [-0.2, 0) is 23.9 Å². The van der Waals surface area contributed by atoms with Crippen molar-refractivity contribution >= 4 is 29.6 Å². The Morgan fingerprint density at radius 2 is 1.62 bits per heavy atom. The third-order valence-corrected chi connectivity index (χ3v) is 7.74. The second kappa shape index (κ2) is 12.3. The second-order valence-electron chi connectivity index (χ2n) is 14.0. The Morgan fingerprint density at radius 1 is 1.02 bits per heavy atom. The van der Waals surface area contributed by atoms with Crippen molar-refractivity contribution in [3.63, 3.8) is 0 Å². The lowest BCUT2D eigenvalue weighted by Gasteiger charge is -2.38. The van der Waals surface area contributed by atoms with E-state index in [0.29, 0.717) is 19.4 Å². The van der Waals surface area contributed by atoms with Crippen LogP contribution in [0.2, 0.25) is 0 Å². The van der Waals surface area contributed by atoms with Gasteiger partial charge in [0.25, 0.3) is 5.91 Å². The average molecular weight is 563 g/mol. The van der Waals surface area contributed by atoms with E-state index in [1.807, 2.05) is 41.5 Å². The number of amides is 4. The van der Waals surface area contributed by atoms with Gasteiger partial charge in [-0.2, -0.15) is 0 Å². The van der Waals surface area contributed by atoms with Crippen LogP contribution in [0.15, 0.2) is 11.6 Å². The van der Waals surface area contributed by atoms with Gasteiger partial charge < -0.3 is 25.6 Å². The van der Waals surface area contributed by atoms with Crippen molar-refractivity contribution in [1.29, 1.82) is 0 Å². The highest BCUT2D eigenvalue weighted by Crippen LogP contribution is 2.65. The molecule has 1 heterocycles. The molecule has 1 saturated carbocycles. The number of rotatable bonds is 10. The predicted molar refractivity (Wildman–Crippen MR) is 153 cm³/mol. The van der Waals surface area contributed by atoms with Gasteiger partial charge in [-0.3, -0.25) is 19.2 Å². The van der Waals surface area contributed by atoms with Crippen LogP contribution in [0.3, 0.4) is 0 Å². The SMILES string of the molecule is CCC[C@@H](NC(=O)[C@@H]1C2C(CN1C(=O)[C@@H](NC(=O)OC(C)(C)C)C(C)(C)C)C2(C)C)C(=O)C(=O)NCC=C(C)C. The van der Waals surface area contributed by atoms with Gasteiger partial charge in [-0.25, -0.2) is 4.79 Å². The molecule has 0 aromatic carbocycles. The number of likely N-dealkylation sites (tertiary alicyclic amines) is 1. The Labute approximate surface area is 239 Å². The van der Waals surface area contributed by atoms with Gasteiger partial charge in [-0.15, -0.1) is 0 Å². The fraction of sp³-hybridized carbons (Fsp3) is 0.767. The fourth-order valence-electron chi connectivity index (χ4n) is 5.46. The number of hydrogen-bond acceptors (Lipinski definition) is 6. The number of hydrogen-bond donors (Lipinski definition) is 3. The van der Waals surface area contributed by atoms with Gasteiger partial charge in [0, 0.05) is 13.1 Å². The fourth-order valence-corrected chi connectivity index (χ4v) is 5.46.